The van der Waals surface area contributed by atoms with Gasteiger partial charge in [0.25, 0.3) is 0 Å². The molecule has 0 unspecified atom stereocenters. The number of ether oxygens (including phenoxy) is 1. The molecule has 0 bridgehead atoms. The Morgan fingerprint density at radius 3 is 2.84 bits per heavy atom. The van der Waals surface area contributed by atoms with E-state index < -0.39 is 29.9 Å². The zero-order valence-electron chi connectivity index (χ0n) is 9.73. The van der Waals surface area contributed by atoms with E-state index >= 15 is 0 Å². The van der Waals surface area contributed by atoms with E-state index in [1.807, 2.05) is 0 Å². The third-order valence-electron chi connectivity index (χ3n) is 2.81. The molecule has 1 aliphatic heterocycles. The van der Waals surface area contributed by atoms with Crippen molar-refractivity contribution in [3.8, 4) is 0 Å². The largest absolute Gasteiger partial charge is 0.465 e. The number of hydrogen-bond donors (Lipinski definition) is 2. The number of Topliss-reactive ketones (excluding diaryl/α,β-unsaturated/α-hetero) is 1. The highest BCUT2D eigenvalue weighted by atomic mass is 19.1. The Kier molecular flexibility index (Phi) is 3.75. The summed E-state index contributed by atoms with van der Waals surface area (Å²) < 4.78 is 31.9. The van der Waals surface area contributed by atoms with Gasteiger partial charge in [0.15, 0.2) is 5.78 Å². The molecule has 19 heavy (non-hydrogen) atoms. The van der Waals surface area contributed by atoms with Crippen LogP contribution in [0.25, 0.3) is 0 Å². The zero-order valence-corrected chi connectivity index (χ0v) is 9.73. The number of amides is 1. The van der Waals surface area contributed by atoms with Crippen molar-refractivity contribution in [3.05, 3.63) is 35.4 Å². The molecule has 0 saturated carbocycles. The molecule has 1 heterocycles. The van der Waals surface area contributed by atoms with Crippen LogP contribution in [0.5, 0.6) is 0 Å². The monoisotopic (exact) mass is 271 g/mol. The van der Waals surface area contributed by atoms with E-state index in [4.69, 9.17) is 9.84 Å². The summed E-state index contributed by atoms with van der Waals surface area (Å²) in [6.45, 7) is -0.252. The maximum atomic E-state index is 13.7. The number of nitrogens with one attached hydrogen (secondary N) is 1. The maximum Gasteiger partial charge on any atom is 0.404 e. The highest BCUT2D eigenvalue weighted by Crippen LogP contribution is 2.29. The van der Waals surface area contributed by atoms with E-state index in [-0.39, 0.29) is 24.4 Å². The molecule has 2 atom stereocenters. The third kappa shape index (κ3) is 3.05. The molecule has 1 aromatic carbocycles. The van der Waals surface area contributed by atoms with Crippen LogP contribution in [0, 0.1) is 11.6 Å². The SMILES string of the molecule is O=C1CO[C@@H](c2cc(F)ccc2F)[C@@H](NC(=O)O)C1. The molecule has 2 N–H and O–H groups in total. The smallest absolute Gasteiger partial charge is 0.404 e. The molecule has 0 radical (unpaired) electrons. The van der Waals surface area contributed by atoms with Gasteiger partial charge in [-0.3, -0.25) is 4.79 Å². The van der Waals surface area contributed by atoms with Crippen LogP contribution in [0.1, 0.15) is 18.1 Å². The van der Waals surface area contributed by atoms with Crippen molar-refractivity contribution >= 4 is 11.9 Å². The van der Waals surface area contributed by atoms with Crippen molar-refractivity contribution in [2.75, 3.05) is 6.61 Å². The second-order valence-electron chi connectivity index (χ2n) is 4.20. The lowest BCUT2D eigenvalue weighted by molar-refractivity contribution is -0.133. The second kappa shape index (κ2) is 5.31. The minimum atomic E-state index is -1.36. The van der Waals surface area contributed by atoms with Gasteiger partial charge in [-0.1, -0.05) is 0 Å². The lowest BCUT2D eigenvalue weighted by Gasteiger charge is -2.31. The minimum absolute atomic E-state index is 0.105. The number of carbonyl (C=O) groups excluding carboxylic acids is 1. The number of carboxylic acid groups (broad SMARTS) is 1. The lowest BCUT2D eigenvalue weighted by Crippen LogP contribution is -2.45. The second-order valence-corrected chi connectivity index (χ2v) is 4.20. The quantitative estimate of drug-likeness (QED) is 0.857. The molecule has 0 aliphatic carbocycles. The Hall–Kier alpha value is -2.02. The van der Waals surface area contributed by atoms with Gasteiger partial charge in [-0.25, -0.2) is 13.6 Å². The third-order valence-corrected chi connectivity index (χ3v) is 2.81. The van der Waals surface area contributed by atoms with E-state index in [2.05, 4.69) is 5.32 Å². The summed E-state index contributed by atoms with van der Waals surface area (Å²) in [6, 6.07) is 1.89. The summed E-state index contributed by atoms with van der Waals surface area (Å²) in [6.07, 6.45) is -2.50. The van der Waals surface area contributed by atoms with Crippen molar-refractivity contribution in [1.82, 2.24) is 5.32 Å². The average Bonchev–Trinajstić information content (AvgIpc) is 2.32. The van der Waals surface area contributed by atoms with Gasteiger partial charge in [0.2, 0.25) is 0 Å². The lowest BCUT2D eigenvalue weighted by atomic mass is 9.95. The first-order chi connectivity index (χ1) is 8.97. The summed E-state index contributed by atoms with van der Waals surface area (Å²) >= 11 is 0. The van der Waals surface area contributed by atoms with Gasteiger partial charge in [-0.2, -0.15) is 0 Å². The molecule has 1 aliphatic rings. The molecule has 1 fully saturated rings. The van der Waals surface area contributed by atoms with Gasteiger partial charge in [-0.15, -0.1) is 0 Å². The molecule has 0 aromatic heterocycles. The van der Waals surface area contributed by atoms with Crippen molar-refractivity contribution in [1.29, 1.82) is 0 Å². The van der Waals surface area contributed by atoms with Crippen molar-refractivity contribution < 1.29 is 28.2 Å². The Labute approximate surface area is 107 Å². The molecule has 1 saturated heterocycles. The van der Waals surface area contributed by atoms with E-state index in [1.54, 1.807) is 0 Å². The van der Waals surface area contributed by atoms with Crippen LogP contribution in [0.15, 0.2) is 18.2 Å². The molecule has 0 spiro atoms. The fourth-order valence-corrected chi connectivity index (χ4v) is 2.03. The summed E-state index contributed by atoms with van der Waals surface area (Å²) in [5.74, 6) is -1.67. The minimum Gasteiger partial charge on any atom is -0.465 e. The van der Waals surface area contributed by atoms with Crippen molar-refractivity contribution in [2.24, 2.45) is 0 Å². The first-order valence-corrected chi connectivity index (χ1v) is 5.55. The highest BCUT2D eigenvalue weighted by molar-refractivity contribution is 5.81. The van der Waals surface area contributed by atoms with E-state index in [0.717, 1.165) is 18.2 Å². The molecule has 102 valence electrons. The first-order valence-electron chi connectivity index (χ1n) is 5.55. The maximum absolute atomic E-state index is 13.7. The summed E-state index contributed by atoms with van der Waals surface area (Å²) in [4.78, 5) is 21.9. The molecule has 7 heteroatoms. The molecule has 1 aromatic rings. The molecule has 2 rings (SSSR count). The molecule has 5 nitrogen and oxygen atoms in total. The van der Waals surface area contributed by atoms with Crippen molar-refractivity contribution in [3.63, 3.8) is 0 Å². The zero-order chi connectivity index (χ0) is 14.0. The standard InChI is InChI=1S/C12H11F2NO4/c13-6-1-2-9(14)8(3-6)11-10(15-12(17)18)4-7(16)5-19-11/h1-3,10-11,15H,4-5H2,(H,17,18)/t10-,11-/m0/s1. The summed E-state index contributed by atoms with van der Waals surface area (Å²) in [5, 5.41) is 10.8. The Morgan fingerprint density at radius 2 is 2.16 bits per heavy atom. The summed E-state index contributed by atoms with van der Waals surface area (Å²) in [5.41, 5.74) is -0.105. The normalized spacial score (nSPS) is 23.2. The van der Waals surface area contributed by atoms with Crippen LogP contribution < -0.4 is 5.32 Å². The number of halogens is 2. The van der Waals surface area contributed by atoms with Crippen LogP contribution in [-0.2, 0) is 9.53 Å². The summed E-state index contributed by atoms with van der Waals surface area (Å²) in [7, 11) is 0. The Bertz CT molecular complexity index is 518. The van der Waals surface area contributed by atoms with E-state index in [0.29, 0.717) is 0 Å². The number of ketones is 1. The fourth-order valence-electron chi connectivity index (χ4n) is 2.03. The molecule has 1 amide bonds. The Balaban J connectivity index is 2.31. The highest BCUT2D eigenvalue weighted by Gasteiger charge is 2.34. The van der Waals surface area contributed by atoms with Crippen LogP contribution in [0.3, 0.4) is 0 Å². The molecular weight excluding hydrogens is 260 g/mol. The topological polar surface area (TPSA) is 75.6 Å². The predicted molar refractivity (Wildman–Crippen MR) is 59.6 cm³/mol. The van der Waals surface area contributed by atoms with Crippen molar-refractivity contribution in [2.45, 2.75) is 18.6 Å². The van der Waals surface area contributed by atoms with Crippen LogP contribution in [0.2, 0.25) is 0 Å². The van der Waals surface area contributed by atoms with E-state index in [9.17, 15) is 18.4 Å². The van der Waals surface area contributed by atoms with Gasteiger partial charge >= 0.3 is 6.09 Å². The Morgan fingerprint density at radius 1 is 1.42 bits per heavy atom. The molecular formula is C12H11F2NO4. The number of hydrogen-bond acceptors (Lipinski definition) is 3. The fraction of sp³-hybridized carbons (Fsp3) is 0.333. The van der Waals surface area contributed by atoms with E-state index in [1.165, 1.54) is 0 Å². The van der Waals surface area contributed by atoms with Gasteiger partial charge in [0.1, 0.15) is 24.3 Å². The van der Waals surface area contributed by atoms with Gasteiger partial charge in [-0.05, 0) is 18.2 Å². The number of benzene rings is 1. The first kappa shape index (κ1) is 13.4. The van der Waals surface area contributed by atoms with Gasteiger partial charge in [0.05, 0.1) is 6.04 Å². The van der Waals surface area contributed by atoms with Crippen LogP contribution in [0.4, 0.5) is 13.6 Å². The number of carbonyl (C=O) groups is 2. The number of rotatable bonds is 2. The average molecular weight is 271 g/mol. The van der Waals surface area contributed by atoms with Crippen LogP contribution >= 0.6 is 0 Å². The van der Waals surface area contributed by atoms with Gasteiger partial charge in [0, 0.05) is 12.0 Å². The predicted octanol–water partition coefficient (Wildman–Crippen LogP) is 1.63. The van der Waals surface area contributed by atoms with Crippen LogP contribution in [-0.4, -0.2) is 29.6 Å². The van der Waals surface area contributed by atoms with Gasteiger partial charge < -0.3 is 15.2 Å².